The van der Waals surface area contributed by atoms with Crippen LogP contribution in [0.25, 0.3) is 10.9 Å². The summed E-state index contributed by atoms with van der Waals surface area (Å²) in [4.78, 5) is 0. The van der Waals surface area contributed by atoms with Crippen LogP contribution < -0.4 is 0 Å². The van der Waals surface area contributed by atoms with Gasteiger partial charge in [-0.2, -0.15) is 0 Å². The van der Waals surface area contributed by atoms with Crippen molar-refractivity contribution in [3.05, 3.63) is 36.0 Å². The van der Waals surface area contributed by atoms with Gasteiger partial charge in [-0.25, -0.2) is 0 Å². The topological polar surface area (TPSA) is 4.93 Å². The summed E-state index contributed by atoms with van der Waals surface area (Å²) in [6.45, 7) is 0.588. The molecule has 1 nitrogen and oxygen atoms in total. The van der Waals surface area contributed by atoms with Gasteiger partial charge in [0, 0.05) is 23.5 Å². The number of aromatic nitrogens is 1. The molecule has 0 atom stereocenters. The zero-order valence-corrected chi connectivity index (χ0v) is 8.40. The number of fused-ring (bicyclic) bond motifs is 1. The van der Waals surface area contributed by atoms with Crippen LogP contribution in [0.2, 0.25) is 0 Å². The molecular formula is C14H11N. The molecule has 0 bridgehead atoms. The largest absolute Gasteiger partial charge is 0.336 e. The van der Waals surface area contributed by atoms with Crippen LogP contribution in [0.1, 0.15) is 5.56 Å². The Morgan fingerprint density at radius 2 is 1.93 bits per heavy atom. The molecule has 0 saturated carbocycles. The quantitative estimate of drug-likeness (QED) is 0.646. The molecule has 0 aliphatic rings. The van der Waals surface area contributed by atoms with Crippen LogP contribution in [0.3, 0.4) is 0 Å². The molecule has 0 aliphatic heterocycles. The lowest BCUT2D eigenvalue weighted by Gasteiger charge is -1.97. The summed E-state index contributed by atoms with van der Waals surface area (Å²) in [7, 11) is 0. The molecule has 0 unspecified atom stereocenters. The highest BCUT2D eigenvalue weighted by Gasteiger charge is 2.05. The number of terminal acetylenes is 2. The van der Waals surface area contributed by atoms with Gasteiger partial charge in [-0.05, 0) is 11.6 Å². The van der Waals surface area contributed by atoms with Crippen molar-refractivity contribution in [2.24, 2.45) is 0 Å². The fourth-order valence-electron chi connectivity index (χ4n) is 1.80. The highest BCUT2D eigenvalue weighted by molar-refractivity contribution is 5.84. The molecule has 15 heavy (non-hydrogen) atoms. The van der Waals surface area contributed by atoms with E-state index < -0.39 is 0 Å². The third-order valence-corrected chi connectivity index (χ3v) is 2.43. The highest BCUT2D eigenvalue weighted by Crippen LogP contribution is 2.21. The molecule has 0 amide bonds. The SMILES string of the molecule is C#CCc1cn(CC#C)c2ccccc12. The van der Waals surface area contributed by atoms with E-state index in [0.717, 1.165) is 5.52 Å². The highest BCUT2D eigenvalue weighted by atomic mass is 14.9. The molecule has 0 radical (unpaired) electrons. The van der Waals surface area contributed by atoms with E-state index in [1.54, 1.807) is 0 Å². The van der Waals surface area contributed by atoms with Crippen molar-refractivity contribution >= 4 is 10.9 Å². The van der Waals surface area contributed by atoms with Gasteiger partial charge in [-0.1, -0.05) is 24.1 Å². The monoisotopic (exact) mass is 193 g/mol. The van der Waals surface area contributed by atoms with Gasteiger partial charge in [-0.3, -0.25) is 0 Å². The molecule has 2 rings (SSSR count). The van der Waals surface area contributed by atoms with Crippen LogP contribution >= 0.6 is 0 Å². The maximum atomic E-state index is 5.34. The fourth-order valence-corrected chi connectivity index (χ4v) is 1.80. The second kappa shape index (κ2) is 3.95. The summed E-state index contributed by atoms with van der Waals surface area (Å²) in [5.41, 5.74) is 2.32. The molecule has 0 fully saturated rings. The van der Waals surface area contributed by atoms with E-state index in [1.807, 2.05) is 18.3 Å². The maximum Gasteiger partial charge on any atom is 0.0835 e. The third kappa shape index (κ3) is 1.60. The molecule has 2 aromatic rings. The Morgan fingerprint density at radius 3 is 2.67 bits per heavy atom. The normalized spacial score (nSPS) is 9.73. The smallest absolute Gasteiger partial charge is 0.0835 e. The fraction of sp³-hybridized carbons (Fsp3) is 0.143. The van der Waals surface area contributed by atoms with Crippen LogP contribution in [0, 0.1) is 24.7 Å². The minimum atomic E-state index is 0.588. The summed E-state index contributed by atoms with van der Waals surface area (Å²) < 4.78 is 2.06. The molecule has 0 N–H and O–H groups in total. The number of rotatable bonds is 2. The van der Waals surface area contributed by atoms with E-state index in [4.69, 9.17) is 12.8 Å². The van der Waals surface area contributed by atoms with Gasteiger partial charge >= 0.3 is 0 Å². The minimum Gasteiger partial charge on any atom is -0.336 e. The van der Waals surface area contributed by atoms with Crippen molar-refractivity contribution in [3.8, 4) is 24.7 Å². The predicted molar refractivity (Wildman–Crippen MR) is 63.3 cm³/mol. The Morgan fingerprint density at radius 1 is 1.13 bits per heavy atom. The lowest BCUT2D eigenvalue weighted by Crippen LogP contribution is -1.91. The zero-order valence-electron chi connectivity index (χ0n) is 8.40. The van der Waals surface area contributed by atoms with Crippen LogP contribution in [0.4, 0.5) is 0 Å². The van der Waals surface area contributed by atoms with Crippen LogP contribution in [-0.2, 0) is 13.0 Å². The Kier molecular flexibility index (Phi) is 2.48. The first-order valence-electron chi connectivity index (χ1n) is 4.80. The minimum absolute atomic E-state index is 0.588. The van der Waals surface area contributed by atoms with E-state index in [9.17, 15) is 0 Å². The molecule has 0 spiro atoms. The standard InChI is InChI=1S/C14H11N/c1-3-7-12-11-15(10-4-2)14-9-6-5-8-13(12)14/h1-2,5-6,8-9,11H,7,10H2. The van der Waals surface area contributed by atoms with Gasteiger partial charge in [0.1, 0.15) is 0 Å². The van der Waals surface area contributed by atoms with Crippen LogP contribution in [0.5, 0.6) is 0 Å². The zero-order chi connectivity index (χ0) is 10.7. The average Bonchev–Trinajstić information content (AvgIpc) is 2.59. The first-order chi connectivity index (χ1) is 7.36. The van der Waals surface area contributed by atoms with E-state index in [1.165, 1.54) is 10.9 Å². The van der Waals surface area contributed by atoms with Crippen LogP contribution in [0.15, 0.2) is 30.5 Å². The maximum absolute atomic E-state index is 5.34. The number of benzene rings is 1. The van der Waals surface area contributed by atoms with Gasteiger partial charge in [0.25, 0.3) is 0 Å². The number of hydrogen-bond acceptors (Lipinski definition) is 0. The summed E-state index contributed by atoms with van der Waals surface area (Å²) in [6, 6.07) is 8.17. The van der Waals surface area contributed by atoms with E-state index >= 15 is 0 Å². The summed E-state index contributed by atoms with van der Waals surface area (Å²) in [5, 5.41) is 1.20. The van der Waals surface area contributed by atoms with E-state index in [0.29, 0.717) is 13.0 Å². The number of hydrogen-bond donors (Lipinski definition) is 0. The third-order valence-electron chi connectivity index (χ3n) is 2.43. The predicted octanol–water partition coefficient (Wildman–Crippen LogP) is 2.45. The van der Waals surface area contributed by atoms with Crippen molar-refractivity contribution in [2.45, 2.75) is 13.0 Å². The van der Waals surface area contributed by atoms with Crippen LogP contribution in [-0.4, -0.2) is 4.57 Å². The molecule has 0 saturated heterocycles. The lowest BCUT2D eigenvalue weighted by molar-refractivity contribution is 0.881. The van der Waals surface area contributed by atoms with Gasteiger partial charge in [0.2, 0.25) is 0 Å². The molecule has 1 heterocycles. The summed E-state index contributed by atoms with van der Waals surface area (Å²) in [5.74, 6) is 5.31. The van der Waals surface area contributed by atoms with E-state index in [2.05, 4.69) is 28.5 Å². The van der Waals surface area contributed by atoms with Gasteiger partial charge in [0.05, 0.1) is 6.54 Å². The van der Waals surface area contributed by atoms with Gasteiger partial charge in [0.15, 0.2) is 0 Å². The molecular weight excluding hydrogens is 182 g/mol. The Hall–Kier alpha value is -2.12. The second-order valence-corrected chi connectivity index (χ2v) is 3.38. The Labute approximate surface area is 89.7 Å². The summed E-state index contributed by atoms with van der Waals surface area (Å²) >= 11 is 0. The molecule has 1 aromatic heterocycles. The molecule has 0 aliphatic carbocycles. The average molecular weight is 193 g/mol. The first kappa shape index (κ1) is 9.44. The van der Waals surface area contributed by atoms with E-state index in [-0.39, 0.29) is 0 Å². The number of nitrogens with zero attached hydrogens (tertiary/aromatic N) is 1. The first-order valence-corrected chi connectivity index (χ1v) is 4.80. The van der Waals surface area contributed by atoms with Crippen molar-refractivity contribution in [2.75, 3.05) is 0 Å². The summed E-state index contributed by atoms with van der Waals surface area (Å²) in [6.07, 6.45) is 13.4. The lowest BCUT2D eigenvalue weighted by atomic mass is 10.1. The van der Waals surface area contributed by atoms with Crippen molar-refractivity contribution in [1.82, 2.24) is 4.57 Å². The van der Waals surface area contributed by atoms with Gasteiger partial charge < -0.3 is 4.57 Å². The Bertz CT molecular complexity index is 511. The second-order valence-electron chi connectivity index (χ2n) is 3.38. The molecule has 72 valence electrons. The Balaban J connectivity index is 2.64. The molecule has 1 heteroatoms. The molecule has 1 aromatic carbocycles. The number of para-hydroxylation sites is 1. The van der Waals surface area contributed by atoms with Crippen molar-refractivity contribution < 1.29 is 0 Å². The van der Waals surface area contributed by atoms with Crippen molar-refractivity contribution in [3.63, 3.8) is 0 Å². The van der Waals surface area contributed by atoms with Crippen molar-refractivity contribution in [1.29, 1.82) is 0 Å². The van der Waals surface area contributed by atoms with Gasteiger partial charge in [-0.15, -0.1) is 18.8 Å².